The molecule has 3 atom stereocenters. The van der Waals surface area contributed by atoms with E-state index in [2.05, 4.69) is 13.0 Å². The van der Waals surface area contributed by atoms with E-state index in [-0.39, 0.29) is 11.3 Å². The number of carbonyl (C=O) groups is 1. The van der Waals surface area contributed by atoms with Crippen LogP contribution in [0.2, 0.25) is 0 Å². The Morgan fingerprint density at radius 2 is 2.31 bits per heavy atom. The zero-order chi connectivity index (χ0) is 11.6. The molecule has 90 valence electrons. The van der Waals surface area contributed by atoms with E-state index in [1.807, 2.05) is 0 Å². The SMILES string of the molecule is COCOCC[C@]12C=CC(=O)[C@H](C1)[C@H](C)C2. The molecular formula is C13H20O3. The van der Waals surface area contributed by atoms with Crippen molar-refractivity contribution in [1.82, 2.24) is 0 Å². The van der Waals surface area contributed by atoms with Crippen LogP contribution in [0.5, 0.6) is 0 Å². The monoisotopic (exact) mass is 224 g/mol. The molecule has 0 amide bonds. The van der Waals surface area contributed by atoms with Gasteiger partial charge in [-0.3, -0.25) is 4.79 Å². The second-order valence-corrected chi connectivity index (χ2v) is 5.15. The lowest BCUT2D eigenvalue weighted by molar-refractivity contribution is -0.119. The molecule has 0 aromatic carbocycles. The Balaban J connectivity index is 1.93. The lowest BCUT2D eigenvalue weighted by Crippen LogP contribution is -2.23. The molecule has 2 bridgehead atoms. The van der Waals surface area contributed by atoms with E-state index in [0.29, 0.717) is 25.1 Å². The van der Waals surface area contributed by atoms with Crippen LogP contribution < -0.4 is 0 Å². The van der Waals surface area contributed by atoms with Crippen LogP contribution in [0.1, 0.15) is 26.2 Å². The van der Waals surface area contributed by atoms with Crippen molar-refractivity contribution in [3.8, 4) is 0 Å². The molecule has 0 spiro atoms. The van der Waals surface area contributed by atoms with Gasteiger partial charge in [0, 0.05) is 13.0 Å². The first-order valence-corrected chi connectivity index (χ1v) is 5.97. The van der Waals surface area contributed by atoms with Gasteiger partial charge in [-0.05, 0) is 36.7 Å². The number of allylic oxidation sites excluding steroid dienone is 2. The number of ketones is 1. The molecule has 3 heteroatoms. The second-order valence-electron chi connectivity index (χ2n) is 5.15. The molecule has 16 heavy (non-hydrogen) atoms. The first-order chi connectivity index (χ1) is 7.67. The van der Waals surface area contributed by atoms with Crippen LogP contribution in [0, 0.1) is 17.3 Å². The third kappa shape index (κ3) is 2.20. The summed E-state index contributed by atoms with van der Waals surface area (Å²) in [5, 5.41) is 0. The smallest absolute Gasteiger partial charge is 0.158 e. The number of rotatable bonds is 5. The Morgan fingerprint density at radius 1 is 1.50 bits per heavy atom. The molecule has 2 rings (SSSR count). The summed E-state index contributed by atoms with van der Waals surface area (Å²) in [6, 6.07) is 0. The fourth-order valence-electron chi connectivity index (χ4n) is 3.11. The zero-order valence-corrected chi connectivity index (χ0v) is 10.1. The first-order valence-electron chi connectivity index (χ1n) is 5.97. The van der Waals surface area contributed by atoms with Gasteiger partial charge in [0.2, 0.25) is 0 Å². The third-order valence-electron chi connectivity index (χ3n) is 3.95. The van der Waals surface area contributed by atoms with E-state index in [0.717, 1.165) is 19.3 Å². The minimum Gasteiger partial charge on any atom is -0.359 e. The van der Waals surface area contributed by atoms with Gasteiger partial charge in [0.25, 0.3) is 0 Å². The Kier molecular flexibility index (Phi) is 3.45. The summed E-state index contributed by atoms with van der Waals surface area (Å²) in [5.74, 6) is 1.09. The Hall–Kier alpha value is -0.670. The molecule has 3 nitrogen and oxygen atoms in total. The summed E-state index contributed by atoms with van der Waals surface area (Å²) in [6.45, 7) is 3.26. The van der Waals surface area contributed by atoms with Gasteiger partial charge in [-0.1, -0.05) is 13.0 Å². The average Bonchev–Trinajstić information content (AvgIpc) is 2.55. The molecule has 1 fully saturated rings. The highest BCUT2D eigenvalue weighted by atomic mass is 16.7. The van der Waals surface area contributed by atoms with Crippen LogP contribution in [0.3, 0.4) is 0 Å². The summed E-state index contributed by atoms with van der Waals surface area (Å²) in [5.41, 5.74) is 0.214. The first kappa shape index (κ1) is 11.8. The van der Waals surface area contributed by atoms with E-state index in [1.54, 1.807) is 13.2 Å². The highest BCUT2D eigenvalue weighted by molar-refractivity contribution is 5.93. The van der Waals surface area contributed by atoms with E-state index in [4.69, 9.17) is 9.47 Å². The number of carbonyl (C=O) groups excluding carboxylic acids is 1. The van der Waals surface area contributed by atoms with Crippen LogP contribution in [-0.2, 0) is 14.3 Å². The molecule has 0 heterocycles. The molecule has 0 N–H and O–H groups in total. The fraction of sp³-hybridized carbons (Fsp3) is 0.769. The van der Waals surface area contributed by atoms with Crippen LogP contribution in [0.25, 0.3) is 0 Å². The summed E-state index contributed by atoms with van der Waals surface area (Å²) in [7, 11) is 1.63. The summed E-state index contributed by atoms with van der Waals surface area (Å²) in [6.07, 6.45) is 7.04. The van der Waals surface area contributed by atoms with Crippen LogP contribution in [0.15, 0.2) is 12.2 Å². The fourth-order valence-corrected chi connectivity index (χ4v) is 3.11. The minimum absolute atomic E-state index is 0.214. The Bertz CT molecular complexity index is 298. The quantitative estimate of drug-likeness (QED) is 0.530. The van der Waals surface area contributed by atoms with Crippen molar-refractivity contribution in [3.05, 3.63) is 12.2 Å². The minimum atomic E-state index is 0.214. The van der Waals surface area contributed by atoms with E-state index >= 15 is 0 Å². The Morgan fingerprint density at radius 3 is 3.06 bits per heavy atom. The van der Waals surface area contributed by atoms with Gasteiger partial charge < -0.3 is 9.47 Å². The van der Waals surface area contributed by atoms with Crippen LogP contribution in [-0.4, -0.2) is 26.3 Å². The van der Waals surface area contributed by atoms with Crippen molar-refractivity contribution in [2.24, 2.45) is 17.3 Å². The third-order valence-corrected chi connectivity index (χ3v) is 3.95. The van der Waals surface area contributed by atoms with Crippen molar-refractivity contribution in [2.45, 2.75) is 26.2 Å². The van der Waals surface area contributed by atoms with Crippen molar-refractivity contribution in [3.63, 3.8) is 0 Å². The molecule has 0 radical (unpaired) electrons. The van der Waals surface area contributed by atoms with Crippen molar-refractivity contribution < 1.29 is 14.3 Å². The van der Waals surface area contributed by atoms with Gasteiger partial charge in [0.05, 0.1) is 6.61 Å². The number of methoxy groups -OCH3 is 1. The van der Waals surface area contributed by atoms with E-state index in [9.17, 15) is 4.79 Å². The molecule has 1 saturated carbocycles. The molecule has 0 unspecified atom stereocenters. The topological polar surface area (TPSA) is 35.5 Å². The highest BCUT2D eigenvalue weighted by Crippen LogP contribution is 2.51. The van der Waals surface area contributed by atoms with Gasteiger partial charge in [-0.15, -0.1) is 0 Å². The predicted octanol–water partition coefficient (Wildman–Crippen LogP) is 2.17. The van der Waals surface area contributed by atoms with Gasteiger partial charge in [-0.25, -0.2) is 0 Å². The Labute approximate surface area is 96.8 Å². The van der Waals surface area contributed by atoms with Crippen molar-refractivity contribution in [2.75, 3.05) is 20.5 Å². The van der Waals surface area contributed by atoms with Gasteiger partial charge >= 0.3 is 0 Å². The summed E-state index contributed by atoms with van der Waals surface area (Å²) in [4.78, 5) is 11.6. The van der Waals surface area contributed by atoms with E-state index in [1.165, 1.54) is 0 Å². The van der Waals surface area contributed by atoms with E-state index < -0.39 is 0 Å². The summed E-state index contributed by atoms with van der Waals surface area (Å²) >= 11 is 0. The largest absolute Gasteiger partial charge is 0.359 e. The zero-order valence-electron chi connectivity index (χ0n) is 10.1. The molecule has 0 aliphatic heterocycles. The summed E-state index contributed by atoms with van der Waals surface area (Å²) < 4.78 is 10.2. The molecular weight excluding hydrogens is 204 g/mol. The number of hydrogen-bond acceptors (Lipinski definition) is 3. The second kappa shape index (κ2) is 4.68. The lowest BCUT2D eigenvalue weighted by Gasteiger charge is -2.27. The van der Waals surface area contributed by atoms with Gasteiger partial charge in [0.15, 0.2) is 5.78 Å². The van der Waals surface area contributed by atoms with Crippen LogP contribution in [0.4, 0.5) is 0 Å². The maximum atomic E-state index is 11.6. The standard InChI is InChI=1S/C13H20O3/c1-10-7-13(5-6-16-9-15-2)4-3-12(14)11(10)8-13/h3-4,10-11H,5-9H2,1-2H3/t10-,11-,13+/m1/s1. The number of hydrogen-bond donors (Lipinski definition) is 0. The highest BCUT2D eigenvalue weighted by Gasteiger charge is 2.46. The molecule has 0 aromatic rings. The number of ether oxygens (including phenoxy) is 2. The normalized spacial score (nSPS) is 37.0. The molecule has 2 aliphatic rings. The predicted molar refractivity (Wildman–Crippen MR) is 60.9 cm³/mol. The van der Waals surface area contributed by atoms with Crippen molar-refractivity contribution in [1.29, 1.82) is 0 Å². The lowest BCUT2D eigenvalue weighted by atomic mass is 9.78. The maximum Gasteiger partial charge on any atom is 0.158 e. The van der Waals surface area contributed by atoms with Gasteiger partial charge in [0.1, 0.15) is 6.79 Å². The van der Waals surface area contributed by atoms with Gasteiger partial charge in [-0.2, -0.15) is 0 Å². The maximum absolute atomic E-state index is 11.6. The molecule has 2 aliphatic carbocycles. The van der Waals surface area contributed by atoms with Crippen LogP contribution >= 0.6 is 0 Å². The number of fused-ring (bicyclic) bond motifs is 2. The molecule has 0 saturated heterocycles. The molecule has 0 aromatic heterocycles. The van der Waals surface area contributed by atoms with Crippen molar-refractivity contribution >= 4 is 5.78 Å². The average molecular weight is 224 g/mol.